The number of likely N-dealkylation sites (tertiary alicyclic amines) is 1. The summed E-state index contributed by atoms with van der Waals surface area (Å²) in [5.74, 6) is 0.847. The molecule has 21 heavy (non-hydrogen) atoms. The zero-order valence-corrected chi connectivity index (χ0v) is 13.5. The third kappa shape index (κ3) is 7.32. The number of guanidine groups is 1. The highest BCUT2D eigenvalue weighted by Gasteiger charge is 2.22. The molecule has 1 amide bonds. The minimum Gasteiger partial charge on any atom is -0.369 e. The molecule has 1 fully saturated rings. The monoisotopic (exact) mass is 297 g/mol. The molecule has 0 bridgehead atoms. The summed E-state index contributed by atoms with van der Waals surface area (Å²) in [6, 6.07) is 0. The topological polar surface area (TPSA) is 82.8 Å². The number of nitrogens with two attached hydrogens (primary N) is 1. The molecule has 0 spiro atoms. The number of carbonyl (C=O) groups excluding carboxylic acids is 1. The average molecular weight is 297 g/mol. The molecule has 1 aliphatic heterocycles. The lowest BCUT2D eigenvalue weighted by molar-refractivity contribution is -0.123. The number of hydrogen-bond acceptors (Lipinski definition) is 3. The van der Waals surface area contributed by atoms with Gasteiger partial charge in [0.2, 0.25) is 5.91 Å². The van der Waals surface area contributed by atoms with Gasteiger partial charge in [-0.25, -0.2) is 0 Å². The van der Waals surface area contributed by atoms with E-state index >= 15 is 0 Å². The molecule has 0 saturated carbocycles. The van der Waals surface area contributed by atoms with Gasteiger partial charge in [-0.3, -0.25) is 9.79 Å². The van der Waals surface area contributed by atoms with Gasteiger partial charge in [0.15, 0.2) is 5.96 Å². The summed E-state index contributed by atoms with van der Waals surface area (Å²) >= 11 is 0. The zero-order valence-electron chi connectivity index (χ0n) is 13.5. The van der Waals surface area contributed by atoms with Crippen molar-refractivity contribution in [1.82, 2.24) is 15.5 Å². The predicted molar refractivity (Wildman–Crippen MR) is 87.2 cm³/mol. The third-order valence-corrected chi connectivity index (χ3v) is 3.95. The molecule has 0 unspecified atom stereocenters. The number of aliphatic imine (C=N–C) groups is 1. The summed E-state index contributed by atoms with van der Waals surface area (Å²) < 4.78 is 0. The van der Waals surface area contributed by atoms with Crippen LogP contribution in [0.25, 0.3) is 0 Å². The number of nitrogens with zero attached hydrogens (tertiary/aromatic N) is 2. The van der Waals surface area contributed by atoms with Gasteiger partial charge in [-0.15, -0.1) is 0 Å². The van der Waals surface area contributed by atoms with Crippen LogP contribution in [0.1, 0.15) is 39.0 Å². The fourth-order valence-corrected chi connectivity index (χ4v) is 2.57. The van der Waals surface area contributed by atoms with Crippen molar-refractivity contribution in [2.75, 3.05) is 39.8 Å². The van der Waals surface area contributed by atoms with Crippen molar-refractivity contribution >= 4 is 11.9 Å². The van der Waals surface area contributed by atoms with Crippen LogP contribution in [-0.4, -0.2) is 56.5 Å². The molecule has 0 aliphatic carbocycles. The molecule has 4 N–H and O–H groups in total. The van der Waals surface area contributed by atoms with E-state index in [1.807, 2.05) is 0 Å². The van der Waals surface area contributed by atoms with Crippen LogP contribution in [0.2, 0.25) is 0 Å². The van der Waals surface area contributed by atoms with E-state index < -0.39 is 0 Å². The first-order chi connectivity index (χ1) is 10.2. The number of rotatable bonds is 8. The highest BCUT2D eigenvalue weighted by Crippen LogP contribution is 2.16. The molecular weight excluding hydrogens is 266 g/mol. The highest BCUT2D eigenvalue weighted by molar-refractivity contribution is 5.79. The number of unbranched alkanes of at least 4 members (excludes halogenated alkanes) is 1. The molecule has 0 aromatic carbocycles. The molecule has 6 nitrogen and oxygen atoms in total. The van der Waals surface area contributed by atoms with E-state index in [4.69, 9.17) is 5.73 Å². The maximum absolute atomic E-state index is 11.1. The van der Waals surface area contributed by atoms with E-state index in [0.717, 1.165) is 64.4 Å². The van der Waals surface area contributed by atoms with Gasteiger partial charge in [-0.2, -0.15) is 0 Å². The van der Waals surface area contributed by atoms with Crippen molar-refractivity contribution in [2.45, 2.75) is 39.0 Å². The van der Waals surface area contributed by atoms with E-state index in [0.29, 0.717) is 0 Å². The Kier molecular flexibility index (Phi) is 8.82. The van der Waals surface area contributed by atoms with E-state index in [1.54, 1.807) is 7.05 Å². The summed E-state index contributed by atoms with van der Waals surface area (Å²) in [6.07, 6.45) is 5.23. The molecule has 1 aliphatic rings. The Morgan fingerprint density at radius 1 is 1.24 bits per heavy atom. The summed E-state index contributed by atoms with van der Waals surface area (Å²) in [5.41, 5.74) is 5.35. The number of carbonyl (C=O) groups is 1. The second-order valence-corrected chi connectivity index (χ2v) is 5.65. The van der Waals surface area contributed by atoms with Crippen molar-refractivity contribution < 1.29 is 4.79 Å². The lowest BCUT2D eigenvalue weighted by atomic mass is 9.96. The van der Waals surface area contributed by atoms with Gasteiger partial charge < -0.3 is 21.3 Å². The summed E-state index contributed by atoms with van der Waals surface area (Å²) in [5, 5.41) is 6.58. The smallest absolute Gasteiger partial charge is 0.220 e. The largest absolute Gasteiger partial charge is 0.369 e. The quantitative estimate of drug-likeness (QED) is 0.347. The van der Waals surface area contributed by atoms with E-state index in [2.05, 4.69) is 27.4 Å². The Labute approximate surface area is 128 Å². The maximum atomic E-state index is 11.1. The van der Waals surface area contributed by atoms with Crippen LogP contribution in [0.3, 0.4) is 0 Å². The standard InChI is InChI=1S/C15H31N5O/c1-3-8-18-15(17-2)19-9-4-5-10-20-11-6-13(7-12-20)14(16)21/h13H,3-12H2,1-2H3,(H2,16,21)(H2,17,18,19). The molecular formula is C15H31N5O. The number of amides is 1. The van der Waals surface area contributed by atoms with Crippen molar-refractivity contribution in [1.29, 1.82) is 0 Å². The first-order valence-corrected chi connectivity index (χ1v) is 8.13. The fourth-order valence-electron chi connectivity index (χ4n) is 2.57. The van der Waals surface area contributed by atoms with Gasteiger partial charge in [0.25, 0.3) is 0 Å². The minimum absolute atomic E-state index is 0.0934. The number of piperidine rings is 1. The van der Waals surface area contributed by atoms with Crippen LogP contribution in [0.4, 0.5) is 0 Å². The summed E-state index contributed by atoms with van der Waals surface area (Å²) in [4.78, 5) is 17.7. The van der Waals surface area contributed by atoms with Gasteiger partial charge in [0.1, 0.15) is 0 Å². The third-order valence-electron chi connectivity index (χ3n) is 3.95. The summed E-state index contributed by atoms with van der Waals surface area (Å²) in [7, 11) is 1.80. The molecule has 0 atom stereocenters. The fraction of sp³-hybridized carbons (Fsp3) is 0.867. The predicted octanol–water partition coefficient (Wildman–Crippen LogP) is 0.539. The van der Waals surface area contributed by atoms with Crippen molar-refractivity contribution in [3.05, 3.63) is 0 Å². The number of hydrogen-bond donors (Lipinski definition) is 3. The molecule has 6 heteroatoms. The molecule has 1 saturated heterocycles. The number of primary amides is 1. The first-order valence-electron chi connectivity index (χ1n) is 8.13. The van der Waals surface area contributed by atoms with Gasteiger partial charge in [0.05, 0.1) is 0 Å². The molecule has 0 aromatic heterocycles. The van der Waals surface area contributed by atoms with Crippen LogP contribution in [-0.2, 0) is 4.79 Å². The maximum Gasteiger partial charge on any atom is 0.220 e. The Hall–Kier alpha value is -1.30. The first kappa shape index (κ1) is 17.8. The van der Waals surface area contributed by atoms with Crippen LogP contribution in [0.15, 0.2) is 4.99 Å². The van der Waals surface area contributed by atoms with E-state index in [1.165, 1.54) is 6.42 Å². The van der Waals surface area contributed by atoms with Gasteiger partial charge in [0, 0.05) is 26.1 Å². The van der Waals surface area contributed by atoms with Gasteiger partial charge >= 0.3 is 0 Å². The molecule has 0 aromatic rings. The zero-order chi connectivity index (χ0) is 15.5. The van der Waals surface area contributed by atoms with Crippen molar-refractivity contribution in [3.63, 3.8) is 0 Å². The van der Waals surface area contributed by atoms with Crippen molar-refractivity contribution in [2.24, 2.45) is 16.6 Å². The normalized spacial score (nSPS) is 17.7. The minimum atomic E-state index is -0.134. The van der Waals surface area contributed by atoms with Crippen LogP contribution < -0.4 is 16.4 Å². The van der Waals surface area contributed by atoms with Gasteiger partial charge in [-0.05, 0) is 51.7 Å². The van der Waals surface area contributed by atoms with Crippen LogP contribution in [0, 0.1) is 5.92 Å². The summed E-state index contributed by atoms with van der Waals surface area (Å²) in [6.45, 7) is 7.15. The lowest BCUT2D eigenvalue weighted by Gasteiger charge is -2.30. The molecule has 122 valence electrons. The molecule has 1 rings (SSSR count). The molecule has 1 heterocycles. The average Bonchev–Trinajstić information content (AvgIpc) is 2.50. The number of nitrogens with one attached hydrogen (secondary N) is 2. The second-order valence-electron chi connectivity index (χ2n) is 5.65. The SMILES string of the molecule is CCCNC(=NC)NCCCCN1CCC(C(N)=O)CC1. The highest BCUT2D eigenvalue weighted by atomic mass is 16.1. The Bertz CT molecular complexity index is 324. The Morgan fingerprint density at radius 3 is 2.48 bits per heavy atom. The van der Waals surface area contributed by atoms with E-state index in [-0.39, 0.29) is 11.8 Å². The van der Waals surface area contributed by atoms with Crippen molar-refractivity contribution in [3.8, 4) is 0 Å². The Morgan fingerprint density at radius 2 is 1.90 bits per heavy atom. The Balaban J connectivity index is 2.03. The van der Waals surface area contributed by atoms with Crippen LogP contribution in [0.5, 0.6) is 0 Å². The second kappa shape index (κ2) is 10.4. The lowest BCUT2D eigenvalue weighted by Crippen LogP contribution is -2.39. The van der Waals surface area contributed by atoms with Gasteiger partial charge in [-0.1, -0.05) is 6.92 Å². The molecule has 0 radical (unpaired) electrons. The van der Waals surface area contributed by atoms with Crippen LogP contribution >= 0.6 is 0 Å². The van der Waals surface area contributed by atoms with E-state index in [9.17, 15) is 4.79 Å².